The summed E-state index contributed by atoms with van der Waals surface area (Å²) in [5, 5.41) is 3.19. The molecule has 3 aromatic rings. The highest BCUT2D eigenvalue weighted by molar-refractivity contribution is 8.15. The third kappa shape index (κ3) is 6.53. The Bertz CT molecular complexity index is 1260. The van der Waals surface area contributed by atoms with Crippen LogP contribution in [0, 0.1) is 0 Å². The van der Waals surface area contributed by atoms with Crippen molar-refractivity contribution < 1.29 is 19.1 Å². The van der Waals surface area contributed by atoms with Crippen LogP contribution in [0.3, 0.4) is 0 Å². The Kier molecular flexibility index (Phi) is 8.40. The number of aliphatic imine (C=N–C) groups is 1. The van der Waals surface area contributed by atoms with Crippen molar-refractivity contribution in [2.75, 3.05) is 11.9 Å². The third-order valence-corrected chi connectivity index (χ3v) is 6.77. The Morgan fingerprint density at radius 3 is 2.42 bits per heavy atom. The molecule has 36 heavy (non-hydrogen) atoms. The number of carbonyl (C=O) groups is 3. The van der Waals surface area contributed by atoms with Crippen molar-refractivity contribution in [2.24, 2.45) is 4.99 Å². The zero-order chi connectivity index (χ0) is 25.5. The van der Waals surface area contributed by atoms with Crippen molar-refractivity contribution in [3.05, 3.63) is 95.0 Å². The number of hydrogen-bond donors (Lipinski definition) is 1. The second kappa shape index (κ2) is 11.9. The molecule has 1 saturated heterocycles. The number of amidine groups is 1. The highest BCUT2D eigenvalue weighted by Crippen LogP contribution is 2.31. The standard InChI is InChI=1S/C27H24ClN3O4S/c1-2-35-26(34)19-8-12-21(13-9-19)29-25(33)23-16-24(32)31(17-18-6-4-3-5-7-18)27(36-23)30-22-14-10-20(28)11-15-22/h3-15,23H,2,16-17H2,1H3,(H,29,33). The first kappa shape index (κ1) is 25.5. The molecule has 1 N–H and O–H groups in total. The maximum absolute atomic E-state index is 13.2. The predicted octanol–water partition coefficient (Wildman–Crippen LogP) is 5.68. The molecule has 0 spiro atoms. The topological polar surface area (TPSA) is 88.1 Å². The van der Waals surface area contributed by atoms with E-state index in [0.29, 0.717) is 33.7 Å². The summed E-state index contributed by atoms with van der Waals surface area (Å²) in [6.45, 7) is 2.37. The molecule has 1 unspecified atom stereocenters. The molecular weight excluding hydrogens is 498 g/mol. The molecule has 0 aliphatic carbocycles. The van der Waals surface area contributed by atoms with Crippen LogP contribution in [0.1, 0.15) is 29.3 Å². The lowest BCUT2D eigenvalue weighted by Crippen LogP contribution is -2.44. The summed E-state index contributed by atoms with van der Waals surface area (Å²) in [6.07, 6.45) is 0.0316. The van der Waals surface area contributed by atoms with E-state index in [1.54, 1.807) is 60.4 Å². The molecule has 1 fully saturated rings. The van der Waals surface area contributed by atoms with Crippen LogP contribution < -0.4 is 5.32 Å². The van der Waals surface area contributed by atoms with E-state index in [0.717, 1.165) is 5.56 Å². The molecule has 3 aromatic carbocycles. The van der Waals surface area contributed by atoms with Gasteiger partial charge in [0, 0.05) is 17.1 Å². The highest BCUT2D eigenvalue weighted by atomic mass is 35.5. The second-order valence-electron chi connectivity index (χ2n) is 7.93. The largest absolute Gasteiger partial charge is 0.462 e. The smallest absolute Gasteiger partial charge is 0.338 e. The van der Waals surface area contributed by atoms with Gasteiger partial charge in [-0.05, 0) is 61.0 Å². The minimum absolute atomic E-state index is 0.0316. The number of nitrogens with one attached hydrogen (secondary N) is 1. The number of nitrogens with zero attached hydrogens (tertiary/aromatic N) is 2. The molecule has 0 saturated carbocycles. The van der Waals surface area contributed by atoms with Crippen LogP contribution >= 0.6 is 23.4 Å². The van der Waals surface area contributed by atoms with E-state index < -0.39 is 11.2 Å². The van der Waals surface area contributed by atoms with Gasteiger partial charge in [0.05, 0.1) is 24.4 Å². The Balaban J connectivity index is 1.53. The first-order chi connectivity index (χ1) is 17.4. The minimum Gasteiger partial charge on any atom is -0.462 e. The number of rotatable bonds is 7. The molecule has 2 amide bonds. The molecule has 0 bridgehead atoms. The molecule has 0 radical (unpaired) electrons. The Labute approximate surface area is 218 Å². The first-order valence-electron chi connectivity index (χ1n) is 11.4. The van der Waals surface area contributed by atoms with Crippen molar-refractivity contribution in [3.8, 4) is 0 Å². The van der Waals surface area contributed by atoms with Gasteiger partial charge in [0.1, 0.15) is 5.25 Å². The van der Waals surface area contributed by atoms with E-state index >= 15 is 0 Å². The molecule has 1 atom stereocenters. The number of benzene rings is 3. The quantitative estimate of drug-likeness (QED) is 0.404. The normalized spacial score (nSPS) is 16.6. The summed E-state index contributed by atoms with van der Waals surface area (Å²) < 4.78 is 4.98. The minimum atomic E-state index is -0.666. The van der Waals surface area contributed by atoms with E-state index in [4.69, 9.17) is 16.3 Å². The molecule has 1 aliphatic heterocycles. The number of carbonyl (C=O) groups excluding carboxylic acids is 3. The van der Waals surface area contributed by atoms with Gasteiger partial charge in [0.15, 0.2) is 5.17 Å². The molecule has 184 valence electrons. The van der Waals surface area contributed by atoms with Gasteiger partial charge in [-0.25, -0.2) is 9.79 Å². The fourth-order valence-electron chi connectivity index (χ4n) is 3.52. The van der Waals surface area contributed by atoms with Gasteiger partial charge in [-0.3, -0.25) is 14.5 Å². The lowest BCUT2D eigenvalue weighted by atomic mass is 10.2. The van der Waals surface area contributed by atoms with Gasteiger partial charge in [-0.15, -0.1) is 0 Å². The lowest BCUT2D eigenvalue weighted by molar-refractivity contribution is -0.129. The maximum Gasteiger partial charge on any atom is 0.338 e. The summed E-state index contributed by atoms with van der Waals surface area (Å²) >= 11 is 7.24. The fraction of sp³-hybridized carbons (Fsp3) is 0.185. The van der Waals surface area contributed by atoms with Crippen molar-refractivity contribution in [2.45, 2.75) is 25.1 Å². The van der Waals surface area contributed by atoms with Crippen molar-refractivity contribution in [3.63, 3.8) is 0 Å². The Morgan fingerprint density at radius 2 is 1.75 bits per heavy atom. The van der Waals surface area contributed by atoms with Gasteiger partial charge in [0.25, 0.3) is 0 Å². The van der Waals surface area contributed by atoms with Gasteiger partial charge in [-0.1, -0.05) is 53.7 Å². The summed E-state index contributed by atoms with van der Waals surface area (Å²) in [5.74, 6) is -0.936. The van der Waals surface area contributed by atoms with E-state index in [-0.39, 0.29) is 24.8 Å². The third-order valence-electron chi connectivity index (χ3n) is 5.33. The number of thioether (sulfide) groups is 1. The van der Waals surface area contributed by atoms with Crippen molar-refractivity contribution in [1.29, 1.82) is 0 Å². The second-order valence-corrected chi connectivity index (χ2v) is 9.54. The average molecular weight is 522 g/mol. The van der Waals surface area contributed by atoms with Crippen LogP contribution in [0.25, 0.3) is 0 Å². The van der Waals surface area contributed by atoms with Gasteiger partial charge in [-0.2, -0.15) is 0 Å². The Hall–Kier alpha value is -3.62. The summed E-state index contributed by atoms with van der Waals surface area (Å²) in [6, 6.07) is 23.0. The molecule has 1 heterocycles. The number of amides is 2. The Morgan fingerprint density at radius 1 is 1.06 bits per heavy atom. The van der Waals surface area contributed by atoms with E-state index in [1.165, 1.54) is 11.8 Å². The summed E-state index contributed by atoms with van der Waals surface area (Å²) in [4.78, 5) is 44.4. The number of hydrogen-bond acceptors (Lipinski definition) is 6. The van der Waals surface area contributed by atoms with E-state index in [9.17, 15) is 14.4 Å². The summed E-state index contributed by atoms with van der Waals surface area (Å²) in [5.41, 5.74) is 2.50. The number of anilines is 1. The zero-order valence-electron chi connectivity index (χ0n) is 19.5. The van der Waals surface area contributed by atoms with Crippen molar-refractivity contribution >= 4 is 57.7 Å². The molecule has 7 nitrogen and oxygen atoms in total. The van der Waals surface area contributed by atoms with Crippen LogP contribution in [0.2, 0.25) is 5.02 Å². The van der Waals surface area contributed by atoms with Crippen LogP contribution in [0.4, 0.5) is 11.4 Å². The van der Waals surface area contributed by atoms with E-state index in [2.05, 4.69) is 10.3 Å². The summed E-state index contributed by atoms with van der Waals surface area (Å²) in [7, 11) is 0. The van der Waals surface area contributed by atoms with Crippen LogP contribution in [-0.4, -0.2) is 39.7 Å². The van der Waals surface area contributed by atoms with Gasteiger partial charge in [0.2, 0.25) is 11.8 Å². The van der Waals surface area contributed by atoms with Gasteiger partial charge >= 0.3 is 5.97 Å². The van der Waals surface area contributed by atoms with Crippen LogP contribution in [0.15, 0.2) is 83.9 Å². The molecule has 0 aromatic heterocycles. The number of halogens is 1. The average Bonchev–Trinajstić information content (AvgIpc) is 2.88. The fourth-order valence-corrected chi connectivity index (χ4v) is 4.74. The van der Waals surface area contributed by atoms with Crippen molar-refractivity contribution in [1.82, 2.24) is 4.90 Å². The predicted molar refractivity (Wildman–Crippen MR) is 143 cm³/mol. The monoisotopic (exact) mass is 521 g/mol. The van der Waals surface area contributed by atoms with Crippen LogP contribution in [-0.2, 0) is 20.9 Å². The molecule has 9 heteroatoms. The zero-order valence-corrected chi connectivity index (χ0v) is 21.1. The van der Waals surface area contributed by atoms with Gasteiger partial charge < -0.3 is 10.1 Å². The van der Waals surface area contributed by atoms with E-state index in [1.807, 2.05) is 30.3 Å². The molecular formula is C27H24ClN3O4S. The highest BCUT2D eigenvalue weighted by Gasteiger charge is 2.36. The number of esters is 1. The maximum atomic E-state index is 13.2. The first-order valence-corrected chi connectivity index (χ1v) is 12.6. The molecule has 4 rings (SSSR count). The van der Waals surface area contributed by atoms with Crippen LogP contribution in [0.5, 0.6) is 0 Å². The number of ether oxygens (including phenoxy) is 1. The lowest BCUT2D eigenvalue weighted by Gasteiger charge is -2.32. The SMILES string of the molecule is CCOC(=O)c1ccc(NC(=O)C2CC(=O)N(Cc3ccccc3)C(=Nc3ccc(Cl)cc3)S2)cc1. The molecule has 1 aliphatic rings.